The monoisotopic (exact) mass is 484 g/mol. The van der Waals surface area contributed by atoms with Crippen molar-refractivity contribution in [2.45, 2.75) is 4.90 Å². The number of nitriles is 1. The molecule has 4 aromatic carbocycles. The normalized spacial score (nSPS) is 11.5. The number of rotatable bonds is 7. The van der Waals surface area contributed by atoms with Gasteiger partial charge in [-0.25, -0.2) is 0 Å². The molecule has 0 heterocycles. The Hall–Kier alpha value is -4.61. The third-order valence-electron chi connectivity index (χ3n) is 5.12. The van der Waals surface area contributed by atoms with Crippen molar-refractivity contribution < 1.29 is 22.1 Å². The summed E-state index contributed by atoms with van der Waals surface area (Å²) < 4.78 is 36.5. The Morgan fingerprint density at radius 1 is 0.914 bits per heavy atom. The molecular formula is C27H20N2O5S. The van der Waals surface area contributed by atoms with Crippen LogP contribution in [0.1, 0.15) is 5.56 Å². The van der Waals surface area contributed by atoms with Gasteiger partial charge in [0.1, 0.15) is 28.0 Å². The Balaban J connectivity index is 1.62. The van der Waals surface area contributed by atoms with Crippen molar-refractivity contribution in [2.75, 3.05) is 12.4 Å². The number of anilines is 1. The van der Waals surface area contributed by atoms with Crippen LogP contribution in [0, 0.1) is 11.3 Å². The fraction of sp³-hybridized carbons (Fsp3) is 0.0370. The van der Waals surface area contributed by atoms with Gasteiger partial charge in [0.2, 0.25) is 0 Å². The van der Waals surface area contributed by atoms with Gasteiger partial charge in [-0.3, -0.25) is 4.79 Å². The second-order valence-electron chi connectivity index (χ2n) is 7.44. The van der Waals surface area contributed by atoms with Crippen molar-refractivity contribution in [3.8, 4) is 17.6 Å². The van der Waals surface area contributed by atoms with E-state index in [-0.39, 0.29) is 21.8 Å². The number of carbonyl (C=O) groups excluding carboxylic acids is 1. The quantitative estimate of drug-likeness (QED) is 0.221. The van der Waals surface area contributed by atoms with Gasteiger partial charge in [-0.15, -0.1) is 0 Å². The van der Waals surface area contributed by atoms with Gasteiger partial charge in [-0.05, 0) is 47.2 Å². The van der Waals surface area contributed by atoms with Crippen LogP contribution < -0.4 is 14.2 Å². The minimum Gasteiger partial charge on any atom is -0.497 e. The zero-order valence-electron chi connectivity index (χ0n) is 18.6. The number of nitrogens with zero attached hydrogens (tertiary/aromatic N) is 1. The van der Waals surface area contributed by atoms with Gasteiger partial charge < -0.3 is 14.2 Å². The Morgan fingerprint density at radius 3 is 2.43 bits per heavy atom. The van der Waals surface area contributed by atoms with Crippen LogP contribution in [-0.4, -0.2) is 21.4 Å². The minimum atomic E-state index is -4.17. The van der Waals surface area contributed by atoms with Crippen LogP contribution in [0.15, 0.2) is 101 Å². The summed E-state index contributed by atoms with van der Waals surface area (Å²) in [6, 6.07) is 26.9. The van der Waals surface area contributed by atoms with Crippen molar-refractivity contribution in [3.63, 3.8) is 0 Å². The summed E-state index contributed by atoms with van der Waals surface area (Å²) in [5, 5.41) is 13.9. The first-order valence-corrected chi connectivity index (χ1v) is 11.9. The minimum absolute atomic E-state index is 0.00810. The molecule has 0 saturated heterocycles. The molecule has 0 bridgehead atoms. The number of para-hydroxylation sites is 1. The molecule has 1 N–H and O–H groups in total. The highest BCUT2D eigenvalue weighted by molar-refractivity contribution is 7.87. The first-order valence-electron chi connectivity index (χ1n) is 10.5. The molecule has 0 aromatic heterocycles. The lowest BCUT2D eigenvalue weighted by Gasteiger charge is -2.11. The maximum absolute atomic E-state index is 13.0. The zero-order chi connectivity index (χ0) is 24.8. The van der Waals surface area contributed by atoms with Crippen LogP contribution in [-0.2, 0) is 14.9 Å². The smallest absolute Gasteiger partial charge is 0.339 e. The van der Waals surface area contributed by atoms with E-state index in [2.05, 4.69) is 5.32 Å². The topological polar surface area (TPSA) is 105 Å². The van der Waals surface area contributed by atoms with Crippen molar-refractivity contribution in [1.82, 2.24) is 0 Å². The number of carbonyl (C=O) groups is 1. The van der Waals surface area contributed by atoms with Gasteiger partial charge in [0, 0.05) is 17.3 Å². The number of amides is 1. The van der Waals surface area contributed by atoms with Crippen molar-refractivity contribution in [1.29, 1.82) is 5.26 Å². The molecule has 0 fully saturated rings. The molecular weight excluding hydrogens is 464 g/mol. The first kappa shape index (κ1) is 23.5. The number of nitrogens with one attached hydrogen (secondary N) is 1. The van der Waals surface area contributed by atoms with Crippen LogP contribution in [0.4, 0.5) is 5.69 Å². The molecule has 0 saturated carbocycles. The fourth-order valence-electron chi connectivity index (χ4n) is 3.37. The molecule has 0 aliphatic heterocycles. The fourth-order valence-corrected chi connectivity index (χ4v) is 4.36. The molecule has 4 rings (SSSR count). The summed E-state index contributed by atoms with van der Waals surface area (Å²) in [5.41, 5.74) is 0.472. The average Bonchev–Trinajstić information content (AvgIpc) is 2.87. The van der Waals surface area contributed by atoms with E-state index in [4.69, 9.17) is 8.92 Å². The summed E-state index contributed by atoms with van der Waals surface area (Å²) in [6.07, 6.45) is 1.28. The highest BCUT2D eigenvalue weighted by atomic mass is 32.2. The van der Waals surface area contributed by atoms with Crippen LogP contribution in [0.5, 0.6) is 11.5 Å². The molecule has 174 valence electrons. The van der Waals surface area contributed by atoms with Gasteiger partial charge in [-0.1, -0.05) is 54.6 Å². The van der Waals surface area contributed by atoms with E-state index in [1.54, 1.807) is 48.5 Å². The number of hydrogen-bond acceptors (Lipinski definition) is 6. The summed E-state index contributed by atoms with van der Waals surface area (Å²) in [5.74, 6) is -0.126. The molecule has 0 atom stereocenters. The molecule has 8 heteroatoms. The van der Waals surface area contributed by atoms with E-state index >= 15 is 0 Å². The van der Waals surface area contributed by atoms with E-state index in [1.165, 1.54) is 31.4 Å². The second kappa shape index (κ2) is 10.1. The lowest BCUT2D eigenvalue weighted by atomic mass is 10.1. The SMILES string of the molecule is COc1cccc(NC(=O)/C(C#N)=C/c2ccccc2OS(=O)(=O)c2ccc3ccccc3c2)c1. The molecule has 0 spiro atoms. The van der Waals surface area contributed by atoms with Gasteiger partial charge in [0.15, 0.2) is 0 Å². The summed E-state index contributed by atoms with van der Waals surface area (Å²) in [6.45, 7) is 0. The molecule has 35 heavy (non-hydrogen) atoms. The predicted molar refractivity (Wildman–Crippen MR) is 133 cm³/mol. The highest BCUT2D eigenvalue weighted by Gasteiger charge is 2.19. The van der Waals surface area contributed by atoms with E-state index in [0.717, 1.165) is 10.8 Å². The molecule has 1 amide bonds. The summed E-state index contributed by atoms with van der Waals surface area (Å²) in [7, 11) is -2.67. The molecule has 0 aliphatic rings. The lowest BCUT2D eigenvalue weighted by molar-refractivity contribution is -0.112. The van der Waals surface area contributed by atoms with Crippen LogP contribution in [0.2, 0.25) is 0 Å². The van der Waals surface area contributed by atoms with Crippen molar-refractivity contribution >= 4 is 38.6 Å². The maximum atomic E-state index is 13.0. The zero-order valence-corrected chi connectivity index (χ0v) is 19.5. The first-order chi connectivity index (χ1) is 16.9. The number of ether oxygens (including phenoxy) is 1. The third-order valence-corrected chi connectivity index (χ3v) is 6.35. The summed E-state index contributed by atoms with van der Waals surface area (Å²) >= 11 is 0. The second-order valence-corrected chi connectivity index (χ2v) is 8.99. The standard InChI is InChI=1S/C27H20N2O5S/c1-33-24-11-6-10-23(17-24)29-27(30)22(18-28)15-21-9-4-5-12-26(21)34-35(31,32)25-14-13-19-7-2-3-8-20(19)16-25/h2-17H,1H3,(H,29,30)/b22-15+. The molecule has 0 aliphatic carbocycles. The Bertz CT molecular complexity index is 1590. The van der Waals surface area contributed by atoms with Crippen molar-refractivity contribution in [2.24, 2.45) is 0 Å². The van der Waals surface area contributed by atoms with E-state index in [1.807, 2.05) is 30.3 Å². The average molecular weight is 485 g/mol. The molecule has 0 radical (unpaired) electrons. The third kappa shape index (κ3) is 5.49. The van der Waals surface area contributed by atoms with Crippen molar-refractivity contribution in [3.05, 3.63) is 102 Å². The Kier molecular flexibility index (Phi) is 6.81. The van der Waals surface area contributed by atoms with E-state index in [9.17, 15) is 18.5 Å². The molecule has 4 aromatic rings. The van der Waals surface area contributed by atoms with Crippen LogP contribution in [0.3, 0.4) is 0 Å². The largest absolute Gasteiger partial charge is 0.497 e. The van der Waals surface area contributed by atoms with Gasteiger partial charge >= 0.3 is 10.1 Å². The highest BCUT2D eigenvalue weighted by Crippen LogP contribution is 2.27. The Morgan fingerprint density at radius 2 is 1.66 bits per heavy atom. The maximum Gasteiger partial charge on any atom is 0.339 e. The number of benzene rings is 4. The van der Waals surface area contributed by atoms with Gasteiger partial charge in [-0.2, -0.15) is 13.7 Å². The number of fused-ring (bicyclic) bond motifs is 1. The predicted octanol–water partition coefficient (Wildman–Crippen LogP) is 5.16. The number of methoxy groups -OCH3 is 1. The molecule has 0 unspecified atom stereocenters. The van der Waals surface area contributed by atoms with E-state index < -0.39 is 16.0 Å². The van der Waals surface area contributed by atoms with Crippen LogP contribution in [0.25, 0.3) is 16.8 Å². The summed E-state index contributed by atoms with van der Waals surface area (Å²) in [4.78, 5) is 12.7. The lowest BCUT2D eigenvalue weighted by Crippen LogP contribution is -2.14. The van der Waals surface area contributed by atoms with Crippen LogP contribution >= 0.6 is 0 Å². The van der Waals surface area contributed by atoms with Gasteiger partial charge in [0.05, 0.1) is 7.11 Å². The molecule has 7 nitrogen and oxygen atoms in total. The number of hydrogen-bond donors (Lipinski definition) is 1. The van der Waals surface area contributed by atoms with Gasteiger partial charge in [0.25, 0.3) is 5.91 Å². The Labute approximate surface area is 203 Å². The van der Waals surface area contributed by atoms with E-state index in [0.29, 0.717) is 11.4 Å².